The number of aryl methyl sites for hydroxylation is 1. The maximum atomic E-state index is 12.3. The molecule has 0 atom stereocenters. The predicted octanol–water partition coefficient (Wildman–Crippen LogP) is 4.80. The molecule has 0 amide bonds. The molecule has 0 bridgehead atoms. The van der Waals surface area contributed by atoms with E-state index in [4.69, 9.17) is 29.8 Å². The van der Waals surface area contributed by atoms with Crippen LogP contribution in [0.15, 0.2) is 28.5 Å². The van der Waals surface area contributed by atoms with Crippen molar-refractivity contribution in [2.75, 3.05) is 19.1 Å². The van der Waals surface area contributed by atoms with E-state index in [1.54, 1.807) is 37.6 Å². The quantitative estimate of drug-likeness (QED) is 0.193. The fourth-order valence-corrected chi connectivity index (χ4v) is 11.4. The Morgan fingerprint density at radius 2 is 1.90 bits per heavy atom. The number of ether oxygens (including phenoxy) is 3. The summed E-state index contributed by atoms with van der Waals surface area (Å²) in [4.78, 5) is 39.5. The number of nitrogens with zero attached hydrogens (tertiary/aromatic N) is 5. The Labute approximate surface area is 237 Å². The second kappa shape index (κ2) is 11.6. The van der Waals surface area contributed by atoms with Crippen molar-refractivity contribution < 1.29 is 23.8 Å². The van der Waals surface area contributed by atoms with Crippen molar-refractivity contribution >= 4 is 56.9 Å². The molecule has 13 heteroatoms. The van der Waals surface area contributed by atoms with Crippen molar-refractivity contribution in [2.24, 2.45) is 0 Å². The average molecular weight is 665 g/mol. The number of rotatable bonds is 9. The molecule has 1 aliphatic heterocycles. The standard InChI is InChI=1S/C23H29N6O5S.3CH3.Sn/c1-14(2)29(34-22(30)33-23(3,4)5)10-6-9-28-20-18(19(24)25-12-26-20)27-21(28)35-15-7-8-16-17(11-15)32-13-31-16;;;;/h8,11-12,14H,6,9-10,13H2,1-5H3,(H2,24,25,26);3*1H3;. The molecule has 11 nitrogen and oxygen atoms in total. The van der Waals surface area contributed by atoms with E-state index in [1.807, 2.05) is 13.8 Å². The first kappa shape index (κ1) is 29.5. The number of hydrogen-bond acceptors (Lipinski definition) is 11. The molecule has 0 saturated heterocycles. The van der Waals surface area contributed by atoms with Gasteiger partial charge in [-0.25, -0.2) is 0 Å². The zero-order chi connectivity index (χ0) is 28.5. The third-order valence-corrected chi connectivity index (χ3v) is 13.3. The van der Waals surface area contributed by atoms with Crippen LogP contribution >= 0.6 is 11.8 Å². The Bertz CT molecular complexity index is 1350. The molecular formula is C26H38N6O5SSn. The molecule has 0 aliphatic carbocycles. The number of carbonyl (C=O) groups is 1. The summed E-state index contributed by atoms with van der Waals surface area (Å²) in [6.45, 7) is 10.6. The van der Waals surface area contributed by atoms with Crippen molar-refractivity contribution in [2.45, 2.75) is 84.1 Å². The number of carbonyl (C=O) groups excluding carboxylic acids is 1. The molecule has 0 spiro atoms. The molecule has 3 aromatic rings. The second-order valence-corrected chi connectivity index (χ2v) is 27.1. The zero-order valence-corrected chi connectivity index (χ0v) is 27.6. The SMILES string of the molecule is CC(C)N(CCCn1c(Sc2cc3c(c[c]2[Sn]([CH3])([CH3])[CH3])OCO3)nc2c(N)ncnc21)OC(=O)OC(C)(C)C. The molecule has 4 rings (SSSR count). The molecule has 0 fully saturated rings. The Kier molecular flexibility index (Phi) is 8.76. The topological polar surface area (TPSA) is 127 Å². The Morgan fingerprint density at radius 3 is 2.54 bits per heavy atom. The maximum absolute atomic E-state index is 12.3. The van der Waals surface area contributed by atoms with Gasteiger partial charge in [0.2, 0.25) is 0 Å². The van der Waals surface area contributed by atoms with Gasteiger partial charge in [0.1, 0.15) is 5.60 Å². The minimum Gasteiger partial charge on any atom is -0.0252 e. The first-order valence-electron chi connectivity index (χ1n) is 13.0. The molecule has 212 valence electrons. The van der Waals surface area contributed by atoms with E-state index < -0.39 is 30.1 Å². The van der Waals surface area contributed by atoms with Gasteiger partial charge < -0.3 is 0 Å². The van der Waals surface area contributed by atoms with Crippen LogP contribution in [-0.4, -0.2) is 74.1 Å². The number of anilines is 1. The summed E-state index contributed by atoms with van der Waals surface area (Å²) >= 11 is -0.982. The summed E-state index contributed by atoms with van der Waals surface area (Å²) in [6.07, 6.45) is 1.40. The summed E-state index contributed by atoms with van der Waals surface area (Å²) in [5, 5.41) is 2.39. The minimum atomic E-state index is -2.56. The predicted molar refractivity (Wildman–Crippen MR) is 153 cm³/mol. The summed E-state index contributed by atoms with van der Waals surface area (Å²) in [7, 11) is 0. The van der Waals surface area contributed by atoms with Gasteiger partial charge in [-0.1, -0.05) is 0 Å². The fourth-order valence-electron chi connectivity index (χ4n) is 4.06. The van der Waals surface area contributed by atoms with E-state index in [1.165, 1.54) is 9.91 Å². The number of fused-ring (bicyclic) bond motifs is 2. The van der Waals surface area contributed by atoms with Crippen LogP contribution in [0.2, 0.25) is 14.8 Å². The van der Waals surface area contributed by atoms with Gasteiger partial charge in [0.15, 0.2) is 0 Å². The van der Waals surface area contributed by atoms with Crippen LogP contribution in [0.4, 0.5) is 10.6 Å². The van der Waals surface area contributed by atoms with Gasteiger partial charge in [-0.2, -0.15) is 0 Å². The summed E-state index contributed by atoms with van der Waals surface area (Å²) in [5.41, 5.74) is 6.78. The van der Waals surface area contributed by atoms with Crippen molar-refractivity contribution in [3.05, 3.63) is 18.5 Å². The number of hydrogen-bond donors (Lipinski definition) is 1. The Morgan fingerprint density at radius 1 is 1.21 bits per heavy atom. The van der Waals surface area contributed by atoms with Gasteiger partial charge in [-0.15, -0.1) is 0 Å². The van der Waals surface area contributed by atoms with Crippen molar-refractivity contribution in [3.8, 4) is 11.5 Å². The summed E-state index contributed by atoms with van der Waals surface area (Å²) in [5.74, 6) is 1.87. The Hall–Kier alpha value is -2.45. The summed E-state index contributed by atoms with van der Waals surface area (Å²) in [6, 6.07) is 4.16. The molecule has 1 aromatic carbocycles. The average Bonchev–Trinajstić information content (AvgIpc) is 3.41. The van der Waals surface area contributed by atoms with Crippen molar-refractivity contribution in [1.29, 1.82) is 0 Å². The first-order valence-corrected chi connectivity index (χ1v) is 23.8. The molecule has 0 unspecified atom stereocenters. The van der Waals surface area contributed by atoms with E-state index in [0.717, 1.165) is 21.6 Å². The van der Waals surface area contributed by atoms with Gasteiger partial charge in [-0.3, -0.25) is 0 Å². The van der Waals surface area contributed by atoms with Crippen LogP contribution < -0.4 is 18.8 Å². The van der Waals surface area contributed by atoms with Gasteiger partial charge >= 0.3 is 212 Å². The van der Waals surface area contributed by atoms with Gasteiger partial charge in [0, 0.05) is 0 Å². The van der Waals surface area contributed by atoms with Crippen LogP contribution in [0.1, 0.15) is 41.0 Å². The number of nitrogens with two attached hydrogens (primary N) is 1. The van der Waals surface area contributed by atoms with Crippen molar-refractivity contribution in [3.63, 3.8) is 0 Å². The van der Waals surface area contributed by atoms with E-state index in [-0.39, 0.29) is 12.8 Å². The minimum absolute atomic E-state index is 0.0284. The van der Waals surface area contributed by atoms with E-state index in [9.17, 15) is 4.79 Å². The molecule has 0 radical (unpaired) electrons. The molecule has 1 aliphatic rings. The van der Waals surface area contributed by atoms with Crippen LogP contribution in [0.5, 0.6) is 11.5 Å². The number of hydroxylamine groups is 2. The summed E-state index contributed by atoms with van der Waals surface area (Å²) < 4.78 is 20.1. The number of benzene rings is 1. The fraction of sp³-hybridized carbons (Fsp3) is 0.538. The van der Waals surface area contributed by atoms with Crippen molar-refractivity contribution in [1.82, 2.24) is 24.6 Å². The monoisotopic (exact) mass is 666 g/mol. The second-order valence-electron chi connectivity index (χ2n) is 11.7. The van der Waals surface area contributed by atoms with Crippen LogP contribution in [-0.2, 0) is 16.1 Å². The van der Waals surface area contributed by atoms with Crippen LogP contribution in [0.25, 0.3) is 11.2 Å². The molecule has 2 aromatic heterocycles. The van der Waals surface area contributed by atoms with E-state index >= 15 is 0 Å². The van der Waals surface area contributed by atoms with E-state index in [2.05, 4.69) is 41.5 Å². The number of imidazole rings is 1. The number of nitrogen functional groups attached to an aromatic ring is 1. The Balaban J connectivity index is 1.60. The molecule has 39 heavy (non-hydrogen) atoms. The smallest absolute Gasteiger partial charge is 0.0252 e. The van der Waals surface area contributed by atoms with Gasteiger partial charge in [0.05, 0.1) is 0 Å². The normalized spacial score (nSPS) is 13.5. The molecule has 0 saturated carbocycles. The molecular weight excluding hydrogens is 627 g/mol. The zero-order valence-electron chi connectivity index (χ0n) is 23.9. The third kappa shape index (κ3) is 7.20. The van der Waals surface area contributed by atoms with Crippen LogP contribution in [0.3, 0.4) is 0 Å². The number of aromatic nitrogens is 4. The molecule has 2 N–H and O–H groups in total. The third-order valence-electron chi connectivity index (χ3n) is 5.93. The van der Waals surface area contributed by atoms with Gasteiger partial charge in [-0.05, 0) is 20.8 Å². The van der Waals surface area contributed by atoms with E-state index in [0.29, 0.717) is 36.5 Å². The van der Waals surface area contributed by atoms with Gasteiger partial charge in [0.25, 0.3) is 0 Å². The first-order chi connectivity index (χ1) is 18.2. The van der Waals surface area contributed by atoms with Crippen LogP contribution in [0, 0.1) is 0 Å². The molecule has 3 heterocycles.